The number of aromatic nitrogens is 4. The average Bonchev–Trinajstić information content (AvgIpc) is 3.18. The number of hydrogen-bond acceptors (Lipinski definition) is 3. The summed E-state index contributed by atoms with van der Waals surface area (Å²) >= 11 is 4.76. The molecule has 1 atom stereocenters. The molecule has 5 heteroatoms. The number of nitrogens with zero attached hydrogens (tertiary/aromatic N) is 4. The molecule has 0 spiro atoms. The van der Waals surface area contributed by atoms with E-state index in [9.17, 15) is 0 Å². The molecule has 3 aromatic heterocycles. The summed E-state index contributed by atoms with van der Waals surface area (Å²) in [5, 5.41) is 4.43. The Morgan fingerprint density at radius 3 is 2.61 bits per heavy atom. The summed E-state index contributed by atoms with van der Waals surface area (Å²) in [6, 6.07) is 18.2. The molecule has 1 unspecified atom stereocenters. The molecule has 4 nitrogen and oxygen atoms in total. The van der Waals surface area contributed by atoms with Gasteiger partial charge in [0.1, 0.15) is 11.1 Å². The topological polar surface area (TPSA) is 35.1 Å². The van der Waals surface area contributed by atoms with E-state index in [4.69, 9.17) is 17.6 Å². The van der Waals surface area contributed by atoms with Gasteiger partial charge in [0.15, 0.2) is 0 Å². The van der Waals surface area contributed by atoms with Crippen LogP contribution >= 0.6 is 12.6 Å². The van der Waals surface area contributed by atoms with Crippen molar-refractivity contribution in [2.75, 3.05) is 0 Å². The Balaban J connectivity index is 1.73. The van der Waals surface area contributed by atoms with Gasteiger partial charge in [-0.15, -0.1) is 0 Å². The summed E-state index contributed by atoms with van der Waals surface area (Å²) in [7, 11) is 1.99. The Hall–Kier alpha value is -2.53. The van der Waals surface area contributed by atoms with Gasteiger partial charge in [0.05, 0.1) is 16.9 Å². The van der Waals surface area contributed by atoms with Crippen molar-refractivity contribution in [2.24, 2.45) is 7.05 Å². The van der Waals surface area contributed by atoms with Crippen molar-refractivity contribution in [2.45, 2.75) is 5.25 Å². The molecule has 4 aromatic rings. The zero-order valence-electron chi connectivity index (χ0n) is 12.7. The van der Waals surface area contributed by atoms with Gasteiger partial charge in [0.25, 0.3) is 0 Å². The lowest BCUT2D eigenvalue weighted by Crippen LogP contribution is -2.03. The van der Waals surface area contributed by atoms with Crippen LogP contribution in [0.3, 0.4) is 0 Å². The fourth-order valence-electron chi connectivity index (χ4n) is 2.71. The molecule has 0 saturated heterocycles. The van der Waals surface area contributed by atoms with Gasteiger partial charge < -0.3 is 4.57 Å². The minimum absolute atomic E-state index is 0.169. The third kappa shape index (κ3) is 2.53. The smallest absolute Gasteiger partial charge is 0.128 e. The van der Waals surface area contributed by atoms with Crippen LogP contribution in [0.25, 0.3) is 16.8 Å². The minimum Gasteiger partial charge on any atom is -0.336 e. The van der Waals surface area contributed by atoms with Gasteiger partial charge in [-0.05, 0) is 18.2 Å². The van der Waals surface area contributed by atoms with E-state index >= 15 is 0 Å². The zero-order valence-corrected chi connectivity index (χ0v) is 13.6. The summed E-state index contributed by atoms with van der Waals surface area (Å²) in [5.41, 5.74) is 4.00. The largest absolute Gasteiger partial charge is 0.336 e. The molecular weight excluding hydrogens is 304 g/mol. The van der Waals surface area contributed by atoms with Crippen LogP contribution in [0.4, 0.5) is 0 Å². The molecule has 0 aliphatic heterocycles. The highest BCUT2D eigenvalue weighted by atomic mass is 32.1. The molecule has 0 bridgehead atoms. The Labute approximate surface area is 139 Å². The van der Waals surface area contributed by atoms with Crippen LogP contribution in [-0.4, -0.2) is 19.2 Å². The first-order valence-electron chi connectivity index (χ1n) is 7.43. The maximum Gasteiger partial charge on any atom is 0.128 e. The third-order valence-corrected chi connectivity index (χ3v) is 4.39. The monoisotopic (exact) mass is 320 g/mol. The van der Waals surface area contributed by atoms with Crippen LogP contribution in [0, 0.1) is 0 Å². The fourth-order valence-corrected chi connectivity index (χ4v) is 3.07. The van der Waals surface area contributed by atoms with Crippen molar-refractivity contribution in [3.63, 3.8) is 0 Å². The molecule has 0 saturated carbocycles. The van der Waals surface area contributed by atoms with Gasteiger partial charge in [-0.3, -0.25) is 0 Å². The minimum atomic E-state index is -0.169. The van der Waals surface area contributed by atoms with E-state index < -0.39 is 0 Å². The molecule has 4 rings (SSSR count). The van der Waals surface area contributed by atoms with Crippen molar-refractivity contribution in [3.05, 3.63) is 78.5 Å². The molecule has 0 aliphatic rings. The lowest BCUT2D eigenvalue weighted by atomic mass is 10.2. The van der Waals surface area contributed by atoms with Crippen molar-refractivity contribution in [1.82, 2.24) is 19.2 Å². The second-order valence-corrected chi connectivity index (χ2v) is 6.02. The van der Waals surface area contributed by atoms with E-state index in [0.29, 0.717) is 0 Å². The first kappa shape index (κ1) is 14.1. The Morgan fingerprint density at radius 2 is 1.83 bits per heavy atom. The normalized spacial score (nSPS) is 12.6. The number of rotatable bonds is 3. The van der Waals surface area contributed by atoms with Gasteiger partial charge in [0, 0.05) is 25.0 Å². The molecule has 0 aliphatic carbocycles. The van der Waals surface area contributed by atoms with Gasteiger partial charge in [-0.1, -0.05) is 36.4 Å². The van der Waals surface area contributed by atoms with Crippen LogP contribution in [0.2, 0.25) is 0 Å². The number of pyridine rings is 1. The predicted molar refractivity (Wildman–Crippen MR) is 94.7 cm³/mol. The van der Waals surface area contributed by atoms with Crippen molar-refractivity contribution >= 4 is 18.1 Å². The highest BCUT2D eigenvalue weighted by Gasteiger charge is 2.19. The van der Waals surface area contributed by atoms with Crippen LogP contribution in [0.15, 0.2) is 67.0 Å². The predicted octanol–water partition coefficient (Wildman–Crippen LogP) is 3.75. The number of fused-ring (bicyclic) bond motifs is 1. The van der Waals surface area contributed by atoms with Gasteiger partial charge in [-0.25, -0.2) is 9.50 Å². The average molecular weight is 320 g/mol. The number of benzene rings is 1. The van der Waals surface area contributed by atoms with Crippen LogP contribution in [-0.2, 0) is 7.05 Å². The number of thiol groups is 1. The maximum atomic E-state index is 4.76. The lowest BCUT2D eigenvalue weighted by Gasteiger charge is -2.07. The van der Waals surface area contributed by atoms with Crippen LogP contribution in [0.1, 0.15) is 16.8 Å². The summed E-state index contributed by atoms with van der Waals surface area (Å²) < 4.78 is 3.88. The van der Waals surface area contributed by atoms with E-state index in [1.165, 1.54) is 0 Å². The summed E-state index contributed by atoms with van der Waals surface area (Å²) in [6.07, 6.45) is 3.97. The molecule has 0 N–H and O–H groups in total. The van der Waals surface area contributed by atoms with E-state index in [0.717, 1.165) is 28.3 Å². The summed E-state index contributed by atoms with van der Waals surface area (Å²) in [4.78, 5) is 4.76. The number of aryl methyl sites for hydroxylation is 1. The van der Waals surface area contributed by atoms with Crippen molar-refractivity contribution in [1.29, 1.82) is 0 Å². The summed E-state index contributed by atoms with van der Waals surface area (Å²) in [5.74, 6) is 0.885. The first-order valence-corrected chi connectivity index (χ1v) is 7.95. The van der Waals surface area contributed by atoms with Crippen LogP contribution < -0.4 is 0 Å². The van der Waals surface area contributed by atoms with Gasteiger partial charge in [-0.2, -0.15) is 17.7 Å². The molecule has 1 aromatic carbocycles. The molecule has 114 valence electrons. The highest BCUT2D eigenvalue weighted by Crippen LogP contribution is 2.29. The SMILES string of the molecule is Cn1cc(-c2ccccc2)nc1C(S)c1cc2ccccn2n1. The second-order valence-electron chi connectivity index (χ2n) is 5.50. The van der Waals surface area contributed by atoms with E-state index in [1.54, 1.807) is 0 Å². The molecule has 3 heterocycles. The lowest BCUT2D eigenvalue weighted by molar-refractivity contribution is 0.792. The van der Waals surface area contributed by atoms with Gasteiger partial charge >= 0.3 is 0 Å². The fraction of sp³-hybridized carbons (Fsp3) is 0.111. The van der Waals surface area contributed by atoms with Crippen molar-refractivity contribution < 1.29 is 0 Å². The molecule has 23 heavy (non-hydrogen) atoms. The Kier molecular flexibility index (Phi) is 3.42. The maximum absolute atomic E-state index is 4.76. The molecule has 0 radical (unpaired) electrons. The zero-order chi connectivity index (χ0) is 15.8. The molecular formula is C18H16N4S. The standard InChI is InChI=1S/C18H16N4S/c1-21-12-16(13-7-3-2-4-8-13)19-18(21)17(23)15-11-14-9-5-6-10-22(14)20-15/h2-12,17,23H,1H3. The van der Waals surface area contributed by atoms with E-state index in [-0.39, 0.29) is 5.25 Å². The second kappa shape index (κ2) is 5.59. The number of hydrogen-bond donors (Lipinski definition) is 1. The number of imidazole rings is 1. The van der Waals surface area contributed by atoms with E-state index in [2.05, 4.69) is 23.3 Å². The Morgan fingerprint density at radius 1 is 1.04 bits per heavy atom. The Bertz CT molecular complexity index is 922. The summed E-state index contributed by atoms with van der Waals surface area (Å²) in [6.45, 7) is 0. The third-order valence-electron chi connectivity index (χ3n) is 3.90. The quantitative estimate of drug-likeness (QED) is 0.583. The van der Waals surface area contributed by atoms with E-state index in [1.807, 2.05) is 64.9 Å². The van der Waals surface area contributed by atoms with Crippen LogP contribution in [0.5, 0.6) is 0 Å². The first-order chi connectivity index (χ1) is 11.2. The highest BCUT2D eigenvalue weighted by molar-refractivity contribution is 7.80. The van der Waals surface area contributed by atoms with Gasteiger partial charge in [0.2, 0.25) is 0 Å². The molecule has 0 amide bonds. The van der Waals surface area contributed by atoms with Crippen molar-refractivity contribution in [3.8, 4) is 11.3 Å². The molecule has 0 fully saturated rings.